The highest BCUT2D eigenvalue weighted by atomic mass is 79.9. The molecule has 156 valence electrons. The molecule has 0 aromatic carbocycles. The highest BCUT2D eigenvalue weighted by Gasteiger charge is 2.50. The summed E-state index contributed by atoms with van der Waals surface area (Å²) in [6.07, 6.45) is 3.15. The molecule has 0 aliphatic heterocycles. The van der Waals surface area contributed by atoms with Crippen molar-refractivity contribution >= 4 is 36.0 Å². The molecule has 0 aromatic rings. The molecule has 0 fully saturated rings. The van der Waals surface area contributed by atoms with E-state index in [1.165, 1.54) is 6.08 Å². The third-order valence-corrected chi connectivity index (χ3v) is 10.9. The average Bonchev–Trinajstić information content (AvgIpc) is 2.62. The molecule has 0 heterocycles. The van der Waals surface area contributed by atoms with Crippen LogP contribution >= 0.6 is 15.9 Å². The summed E-state index contributed by atoms with van der Waals surface area (Å²) < 4.78 is 11.8. The monoisotopic (exact) mass is 462 g/mol. The average molecular weight is 463 g/mol. The predicted octanol–water partition coefficient (Wildman–Crippen LogP) is 4.38. The van der Waals surface area contributed by atoms with E-state index >= 15 is 0 Å². The molecule has 7 heteroatoms. The summed E-state index contributed by atoms with van der Waals surface area (Å²) in [4.78, 5) is 24.2. The van der Waals surface area contributed by atoms with Gasteiger partial charge in [0, 0.05) is 0 Å². The van der Waals surface area contributed by atoms with Gasteiger partial charge in [0.05, 0.1) is 23.0 Å². The van der Waals surface area contributed by atoms with Crippen LogP contribution in [-0.2, 0) is 18.8 Å². The number of halogens is 1. The zero-order valence-corrected chi connectivity index (χ0v) is 20.1. The minimum Gasteiger partial charge on any atom is -0.465 e. The van der Waals surface area contributed by atoms with Crippen LogP contribution in [0.2, 0.25) is 18.1 Å². The van der Waals surface area contributed by atoms with E-state index < -0.39 is 25.4 Å². The molecule has 1 aliphatic carbocycles. The molecule has 0 saturated carbocycles. The SMILES string of the molecule is CC[Si](CC)(CC)O[C@@H]1[C@@H](Br)C=CC(=O)[C@]1(O)CCCOC(=O)C(C)(C)C. The minimum absolute atomic E-state index is 0.174. The summed E-state index contributed by atoms with van der Waals surface area (Å²) in [5.41, 5.74) is -2.17. The lowest BCUT2D eigenvalue weighted by Crippen LogP contribution is -2.59. The molecule has 0 unspecified atom stereocenters. The van der Waals surface area contributed by atoms with Gasteiger partial charge in [-0.05, 0) is 57.8 Å². The van der Waals surface area contributed by atoms with Crippen LogP contribution in [0, 0.1) is 5.41 Å². The van der Waals surface area contributed by atoms with Gasteiger partial charge in [0.2, 0.25) is 0 Å². The van der Waals surface area contributed by atoms with Gasteiger partial charge in [0.15, 0.2) is 19.7 Å². The van der Waals surface area contributed by atoms with Gasteiger partial charge in [-0.1, -0.05) is 42.8 Å². The molecule has 1 rings (SSSR count). The van der Waals surface area contributed by atoms with E-state index in [2.05, 4.69) is 36.7 Å². The van der Waals surface area contributed by atoms with Gasteiger partial charge in [-0.3, -0.25) is 9.59 Å². The Hall–Kier alpha value is -0.503. The van der Waals surface area contributed by atoms with Crippen LogP contribution in [0.3, 0.4) is 0 Å². The lowest BCUT2D eigenvalue weighted by atomic mass is 9.81. The molecule has 0 saturated heterocycles. The summed E-state index contributed by atoms with van der Waals surface area (Å²) in [5, 5.41) is 11.3. The molecule has 0 bridgehead atoms. The summed E-state index contributed by atoms with van der Waals surface area (Å²) in [7, 11) is -2.02. The Morgan fingerprint density at radius 1 is 1.26 bits per heavy atom. The molecule has 1 aliphatic rings. The van der Waals surface area contributed by atoms with E-state index in [9.17, 15) is 14.7 Å². The van der Waals surface area contributed by atoms with Crippen LogP contribution in [0.25, 0.3) is 0 Å². The normalized spacial score (nSPS) is 26.3. The number of ether oxygens (including phenoxy) is 1. The molecular formula is C20H35BrO5Si. The van der Waals surface area contributed by atoms with E-state index in [0.29, 0.717) is 6.42 Å². The number of esters is 1. The maximum Gasteiger partial charge on any atom is 0.311 e. The maximum absolute atomic E-state index is 12.6. The number of carbonyl (C=O) groups is 2. The first kappa shape index (κ1) is 24.5. The van der Waals surface area contributed by atoms with E-state index in [-0.39, 0.29) is 29.6 Å². The van der Waals surface area contributed by atoms with Crippen LogP contribution in [0.1, 0.15) is 54.4 Å². The van der Waals surface area contributed by atoms with Crippen LogP contribution < -0.4 is 0 Å². The van der Waals surface area contributed by atoms with Gasteiger partial charge >= 0.3 is 5.97 Å². The highest BCUT2D eigenvalue weighted by molar-refractivity contribution is 9.09. The Morgan fingerprint density at radius 3 is 2.30 bits per heavy atom. The first-order valence-corrected chi connectivity index (χ1v) is 13.3. The predicted molar refractivity (Wildman–Crippen MR) is 114 cm³/mol. The summed E-state index contributed by atoms with van der Waals surface area (Å²) in [6.45, 7) is 11.9. The van der Waals surface area contributed by atoms with Gasteiger partial charge in [0.1, 0.15) is 0 Å². The minimum atomic E-state index is -2.02. The highest BCUT2D eigenvalue weighted by Crippen LogP contribution is 2.36. The van der Waals surface area contributed by atoms with Crippen molar-refractivity contribution in [3.8, 4) is 0 Å². The number of alkyl halides is 1. The van der Waals surface area contributed by atoms with Gasteiger partial charge < -0.3 is 14.3 Å². The van der Waals surface area contributed by atoms with Crippen LogP contribution in [0.4, 0.5) is 0 Å². The first-order valence-electron chi connectivity index (χ1n) is 9.90. The quantitative estimate of drug-likeness (QED) is 0.238. The molecule has 5 nitrogen and oxygen atoms in total. The second-order valence-electron chi connectivity index (χ2n) is 8.36. The lowest BCUT2D eigenvalue weighted by molar-refractivity contribution is -0.154. The number of ketones is 1. The fraction of sp³-hybridized carbons (Fsp3) is 0.800. The zero-order chi connectivity index (χ0) is 20.9. The summed E-state index contributed by atoms with van der Waals surface area (Å²) in [6, 6.07) is 2.81. The summed E-state index contributed by atoms with van der Waals surface area (Å²) in [5.74, 6) is -0.624. The largest absolute Gasteiger partial charge is 0.465 e. The zero-order valence-electron chi connectivity index (χ0n) is 17.5. The van der Waals surface area contributed by atoms with Gasteiger partial charge in [-0.25, -0.2) is 0 Å². The van der Waals surface area contributed by atoms with E-state index in [1.54, 1.807) is 26.8 Å². The Kier molecular flexibility index (Phi) is 8.91. The number of rotatable bonds is 9. The van der Waals surface area contributed by atoms with E-state index in [0.717, 1.165) is 18.1 Å². The number of carbonyl (C=O) groups excluding carboxylic acids is 2. The van der Waals surface area contributed by atoms with Crippen molar-refractivity contribution < 1.29 is 23.9 Å². The van der Waals surface area contributed by atoms with Gasteiger partial charge in [0.25, 0.3) is 0 Å². The number of aliphatic hydroxyl groups is 1. The topological polar surface area (TPSA) is 72.8 Å². The van der Waals surface area contributed by atoms with Crippen LogP contribution in [0.15, 0.2) is 12.2 Å². The third-order valence-electron chi connectivity index (χ3n) is 5.48. The van der Waals surface area contributed by atoms with E-state index in [1.807, 2.05) is 0 Å². The van der Waals surface area contributed by atoms with Gasteiger partial charge in [-0.15, -0.1) is 0 Å². The first-order chi connectivity index (χ1) is 12.5. The molecule has 3 atom stereocenters. The lowest BCUT2D eigenvalue weighted by Gasteiger charge is -2.44. The third kappa shape index (κ3) is 5.99. The van der Waals surface area contributed by atoms with Crippen molar-refractivity contribution in [3.05, 3.63) is 12.2 Å². The van der Waals surface area contributed by atoms with Crippen LogP contribution in [-0.4, -0.2) is 48.3 Å². The smallest absolute Gasteiger partial charge is 0.311 e. The molecular weight excluding hydrogens is 428 g/mol. The van der Waals surface area contributed by atoms with Gasteiger partial charge in [-0.2, -0.15) is 0 Å². The van der Waals surface area contributed by atoms with Crippen molar-refractivity contribution in [2.75, 3.05) is 6.61 Å². The van der Waals surface area contributed by atoms with Crippen molar-refractivity contribution in [3.63, 3.8) is 0 Å². The van der Waals surface area contributed by atoms with Crippen molar-refractivity contribution in [1.82, 2.24) is 0 Å². The van der Waals surface area contributed by atoms with E-state index in [4.69, 9.17) is 9.16 Å². The Morgan fingerprint density at radius 2 is 1.81 bits per heavy atom. The Labute approximate surface area is 173 Å². The van der Waals surface area contributed by atoms with Crippen molar-refractivity contribution in [2.45, 2.75) is 89.0 Å². The Balaban J connectivity index is 2.89. The molecule has 0 aromatic heterocycles. The second kappa shape index (κ2) is 9.81. The fourth-order valence-corrected chi connectivity index (χ4v) is 7.03. The standard InChI is InChI=1S/C20H35BrO5Si/c1-7-27(8-2,9-3)26-17-15(21)11-12-16(22)20(17,24)13-10-14-25-18(23)19(4,5)6/h11-12,15,17,24H,7-10,13-14H2,1-6H3/t15-,17+,20+/m0/s1. The Bertz CT molecular complexity index is 545. The second-order valence-corrected chi connectivity index (χ2v) is 14.1. The number of hydrogen-bond donors (Lipinski definition) is 1. The molecule has 1 N–H and O–H groups in total. The molecule has 0 radical (unpaired) electrons. The fourth-order valence-electron chi connectivity index (χ4n) is 3.25. The number of hydrogen-bond acceptors (Lipinski definition) is 5. The molecule has 0 amide bonds. The molecule has 27 heavy (non-hydrogen) atoms. The van der Waals surface area contributed by atoms with Crippen molar-refractivity contribution in [1.29, 1.82) is 0 Å². The van der Waals surface area contributed by atoms with Crippen molar-refractivity contribution in [2.24, 2.45) is 5.41 Å². The molecule has 0 spiro atoms. The maximum atomic E-state index is 12.6. The summed E-state index contributed by atoms with van der Waals surface area (Å²) >= 11 is 3.57. The van der Waals surface area contributed by atoms with Crippen LogP contribution in [0.5, 0.6) is 0 Å².